The van der Waals surface area contributed by atoms with E-state index in [0.29, 0.717) is 35.1 Å². The summed E-state index contributed by atoms with van der Waals surface area (Å²) in [7, 11) is 0. The summed E-state index contributed by atoms with van der Waals surface area (Å²) in [5.74, 6) is 0.797. The first kappa shape index (κ1) is 21.3. The predicted molar refractivity (Wildman–Crippen MR) is 125 cm³/mol. The number of fused-ring (bicyclic) bond motifs is 1. The Morgan fingerprint density at radius 1 is 1.20 bits per heavy atom. The second kappa shape index (κ2) is 9.06. The van der Waals surface area contributed by atoms with Gasteiger partial charge < -0.3 is 4.74 Å². The van der Waals surface area contributed by atoms with E-state index in [1.807, 2.05) is 29.6 Å². The second-order valence-corrected chi connectivity index (χ2v) is 9.93. The molecule has 0 radical (unpaired) electrons. The molecular weight excluding hydrogens is 459 g/mol. The summed E-state index contributed by atoms with van der Waals surface area (Å²) in [5.41, 5.74) is 2.01. The predicted octanol–water partition coefficient (Wildman–Crippen LogP) is 7.35. The lowest BCUT2D eigenvalue weighted by Gasteiger charge is -2.10. The number of rotatable bonds is 7. The Balaban J connectivity index is 1.40. The molecule has 3 heterocycles. The Bertz CT molecular complexity index is 1140. The zero-order chi connectivity index (χ0) is 21.3. The van der Waals surface area contributed by atoms with Crippen LogP contribution in [-0.4, -0.2) is 17.7 Å². The lowest BCUT2D eigenvalue weighted by atomic mass is 10.0. The summed E-state index contributed by atoms with van der Waals surface area (Å²) in [4.78, 5) is 26.4. The first-order valence-electron chi connectivity index (χ1n) is 9.45. The smallest absolute Gasteiger partial charge is 0.169 e. The van der Waals surface area contributed by atoms with E-state index in [4.69, 9.17) is 27.9 Å². The van der Waals surface area contributed by atoms with Crippen molar-refractivity contribution in [2.75, 3.05) is 0 Å². The van der Waals surface area contributed by atoms with Gasteiger partial charge in [-0.1, -0.05) is 23.2 Å². The molecule has 4 rings (SSSR count). The van der Waals surface area contributed by atoms with Crippen molar-refractivity contribution in [1.29, 1.82) is 0 Å². The molecule has 30 heavy (non-hydrogen) atoms. The van der Waals surface area contributed by atoms with Crippen LogP contribution >= 0.6 is 45.9 Å². The molecule has 0 aliphatic carbocycles. The van der Waals surface area contributed by atoms with Gasteiger partial charge in [0.1, 0.15) is 11.9 Å². The monoisotopic (exact) mass is 476 g/mol. The third-order valence-corrected chi connectivity index (χ3v) is 7.71. The average Bonchev–Trinajstić information content (AvgIpc) is 3.44. The van der Waals surface area contributed by atoms with E-state index in [9.17, 15) is 9.59 Å². The minimum absolute atomic E-state index is 0.0427. The van der Waals surface area contributed by atoms with Gasteiger partial charge in [-0.15, -0.1) is 22.7 Å². The largest absolute Gasteiger partial charge is 0.488 e. The number of benzene rings is 1. The fourth-order valence-electron chi connectivity index (χ4n) is 3.35. The average molecular weight is 477 g/mol. The van der Waals surface area contributed by atoms with Gasteiger partial charge in [0.15, 0.2) is 11.6 Å². The van der Waals surface area contributed by atoms with Crippen LogP contribution in [0.25, 0.3) is 16.5 Å². The van der Waals surface area contributed by atoms with Gasteiger partial charge in [0, 0.05) is 28.2 Å². The molecule has 154 valence electrons. The number of hydrogen-bond acceptors (Lipinski definition) is 5. The van der Waals surface area contributed by atoms with Gasteiger partial charge in [-0.2, -0.15) is 0 Å². The van der Waals surface area contributed by atoms with E-state index in [-0.39, 0.29) is 17.7 Å². The van der Waals surface area contributed by atoms with Gasteiger partial charge in [0.05, 0.1) is 14.9 Å². The van der Waals surface area contributed by atoms with Crippen molar-refractivity contribution in [1.82, 2.24) is 0 Å². The van der Waals surface area contributed by atoms with E-state index in [1.165, 1.54) is 22.7 Å². The number of Topliss-reactive ketones (excluding diaryl/α,β-unsaturated/α-hetero) is 1. The molecule has 0 saturated heterocycles. The van der Waals surface area contributed by atoms with Crippen LogP contribution in [0.15, 0.2) is 41.8 Å². The van der Waals surface area contributed by atoms with Crippen molar-refractivity contribution in [2.45, 2.75) is 32.3 Å². The lowest BCUT2D eigenvalue weighted by Crippen LogP contribution is -2.14. The highest BCUT2D eigenvalue weighted by atomic mass is 35.5. The molecule has 2 aromatic heterocycles. The number of hydrogen-bond donors (Lipinski definition) is 0. The molecule has 1 aliphatic rings. The molecule has 0 N–H and O–H groups in total. The van der Waals surface area contributed by atoms with Crippen molar-refractivity contribution >= 4 is 63.5 Å². The maximum absolute atomic E-state index is 12.2. The van der Waals surface area contributed by atoms with E-state index in [0.717, 1.165) is 25.8 Å². The Hall–Kier alpha value is -1.92. The Labute approximate surface area is 192 Å². The number of ether oxygens (including phenoxy) is 1. The SMILES string of the molecule is CC(=O)c1ccc(-c2cc(Cl)c3c(c2)CC(CCC(=O)/C=C/c2sccc2Cl)O3)s1. The summed E-state index contributed by atoms with van der Waals surface area (Å²) >= 11 is 15.5. The summed E-state index contributed by atoms with van der Waals surface area (Å²) in [6, 6.07) is 9.53. The minimum Gasteiger partial charge on any atom is -0.488 e. The minimum atomic E-state index is -0.0773. The molecular formula is C23H18Cl2O3S2. The van der Waals surface area contributed by atoms with Crippen molar-refractivity contribution in [3.8, 4) is 16.2 Å². The van der Waals surface area contributed by atoms with Gasteiger partial charge in [-0.25, -0.2) is 0 Å². The molecule has 1 aliphatic heterocycles. The summed E-state index contributed by atoms with van der Waals surface area (Å²) in [6.45, 7) is 1.56. The number of thiophene rings is 2. The number of carbonyl (C=O) groups excluding carboxylic acids is 2. The first-order valence-corrected chi connectivity index (χ1v) is 11.9. The van der Waals surface area contributed by atoms with Crippen LogP contribution in [0.4, 0.5) is 0 Å². The van der Waals surface area contributed by atoms with Crippen LogP contribution in [0.2, 0.25) is 10.0 Å². The first-order chi connectivity index (χ1) is 14.4. The normalized spacial score (nSPS) is 15.4. The topological polar surface area (TPSA) is 43.4 Å². The lowest BCUT2D eigenvalue weighted by molar-refractivity contribution is -0.114. The van der Waals surface area contributed by atoms with Crippen molar-refractivity contribution in [3.05, 3.63) is 67.2 Å². The number of carbonyl (C=O) groups is 2. The van der Waals surface area contributed by atoms with Gasteiger partial charge >= 0.3 is 0 Å². The molecule has 0 saturated carbocycles. The van der Waals surface area contributed by atoms with Crippen LogP contribution in [0.3, 0.4) is 0 Å². The highest BCUT2D eigenvalue weighted by Gasteiger charge is 2.26. The number of allylic oxidation sites excluding steroid dienone is 1. The maximum atomic E-state index is 12.2. The quantitative estimate of drug-likeness (QED) is 0.264. The molecule has 3 nitrogen and oxygen atoms in total. The Morgan fingerprint density at radius 3 is 2.73 bits per heavy atom. The highest BCUT2D eigenvalue weighted by molar-refractivity contribution is 7.17. The van der Waals surface area contributed by atoms with E-state index in [1.54, 1.807) is 19.1 Å². The van der Waals surface area contributed by atoms with Gasteiger partial charge in [0.2, 0.25) is 0 Å². The van der Waals surface area contributed by atoms with Crippen molar-refractivity contribution < 1.29 is 14.3 Å². The second-order valence-electron chi connectivity index (χ2n) is 7.08. The van der Waals surface area contributed by atoms with E-state index < -0.39 is 0 Å². The molecule has 7 heteroatoms. The van der Waals surface area contributed by atoms with E-state index >= 15 is 0 Å². The third-order valence-electron chi connectivity index (χ3n) is 4.87. The fourth-order valence-corrected chi connectivity index (χ4v) is 5.54. The summed E-state index contributed by atoms with van der Waals surface area (Å²) in [5, 5.41) is 3.11. The zero-order valence-electron chi connectivity index (χ0n) is 16.1. The highest BCUT2D eigenvalue weighted by Crippen LogP contribution is 2.41. The fraction of sp³-hybridized carbons (Fsp3) is 0.217. The van der Waals surface area contributed by atoms with Crippen molar-refractivity contribution in [3.63, 3.8) is 0 Å². The molecule has 1 aromatic carbocycles. The molecule has 1 atom stereocenters. The summed E-state index contributed by atoms with van der Waals surface area (Å²) < 4.78 is 6.01. The Morgan fingerprint density at radius 2 is 2.03 bits per heavy atom. The standard InChI is InChI=1S/C23H18Cl2O3S2/c1-13(26)20-6-7-21(30-20)14-10-15-11-17(28-23(15)19(25)12-14)4-2-16(27)3-5-22-18(24)8-9-29-22/h3,5-10,12,17H,2,4,11H2,1H3/b5-3+. The summed E-state index contributed by atoms with van der Waals surface area (Å²) in [6.07, 6.45) is 4.99. The third kappa shape index (κ3) is 4.70. The zero-order valence-corrected chi connectivity index (χ0v) is 19.3. The number of ketones is 2. The van der Waals surface area contributed by atoms with Gasteiger partial charge in [-0.05, 0) is 66.8 Å². The van der Waals surface area contributed by atoms with Crippen LogP contribution in [0, 0.1) is 0 Å². The van der Waals surface area contributed by atoms with Crippen LogP contribution in [0.5, 0.6) is 5.75 Å². The Kier molecular flexibility index (Phi) is 6.44. The van der Waals surface area contributed by atoms with Crippen LogP contribution < -0.4 is 4.74 Å². The van der Waals surface area contributed by atoms with Gasteiger partial charge in [-0.3, -0.25) is 9.59 Å². The molecule has 0 bridgehead atoms. The van der Waals surface area contributed by atoms with Crippen LogP contribution in [-0.2, 0) is 11.2 Å². The van der Waals surface area contributed by atoms with Crippen molar-refractivity contribution in [2.24, 2.45) is 0 Å². The van der Waals surface area contributed by atoms with Crippen LogP contribution in [0.1, 0.15) is 39.9 Å². The van der Waals surface area contributed by atoms with Gasteiger partial charge in [0.25, 0.3) is 0 Å². The molecule has 0 fully saturated rings. The maximum Gasteiger partial charge on any atom is 0.169 e. The molecule has 0 amide bonds. The molecule has 1 unspecified atom stereocenters. The van der Waals surface area contributed by atoms with E-state index in [2.05, 4.69) is 6.07 Å². The number of halogens is 2. The molecule has 3 aromatic rings. The molecule has 0 spiro atoms.